The first kappa shape index (κ1) is 96.7. The van der Waals surface area contributed by atoms with E-state index in [4.69, 9.17) is 71.1 Å². The van der Waals surface area contributed by atoms with Gasteiger partial charge in [-0.15, -0.1) is 0 Å². The molecule has 0 radical (unpaired) electrons. The first-order valence-electron chi connectivity index (χ1n) is 39.5. The molecule has 666 valence electrons. The van der Waals surface area contributed by atoms with Crippen molar-refractivity contribution in [3.8, 4) is 69.0 Å². The fraction of sp³-hybridized carbons (Fsp3) is 0.448. The monoisotopic (exact) mass is 1710 g/mol. The summed E-state index contributed by atoms with van der Waals surface area (Å²) < 4.78 is 89.1. The SMILES string of the molecule is COC(=O)[C@H](C)NC(=O)c1c(OCC(C)C)c2cc([nH]c(=O)c3cc(c(OC)cc3OC)c(=O)[nH]c3cc([nH]c(=O)c4cc(c(OC)cc4OC)c(=O)[nH]c4cc([nH]c(=O)c5cc(c(OC)cc5OC)c(=O)[nH]2)c(OCC(C)C)c(C(=O)N[C@@H](C)C(=O)OC)c4OCC(C)C)c(OCC(C)C)c(C(=O)N[C@@H](C)C(=O)OC)c3OCC(C)C)c1OCC(C)C. The predicted octanol–water partition coefficient (Wildman–Crippen LogP) is 9.93. The molecule has 12 bridgehead atoms. The molecule has 9 N–H and O–H groups in total. The van der Waals surface area contributed by atoms with Gasteiger partial charge in [0.1, 0.15) is 69.3 Å². The van der Waals surface area contributed by atoms with Gasteiger partial charge in [-0.05, 0) is 92.7 Å². The van der Waals surface area contributed by atoms with E-state index in [2.05, 4.69) is 45.9 Å². The van der Waals surface area contributed by atoms with Gasteiger partial charge in [-0.2, -0.15) is 0 Å². The average Bonchev–Trinajstić information content (AvgIpc) is 0.766. The topological polar surface area (TPSA) is 474 Å². The van der Waals surface area contributed by atoms with E-state index >= 15 is 43.2 Å². The molecule has 0 saturated heterocycles. The fourth-order valence-corrected chi connectivity index (χ4v) is 11.9. The number of rotatable bonds is 33. The summed E-state index contributed by atoms with van der Waals surface area (Å²) in [4.78, 5) is 197. The molecule has 0 aliphatic heterocycles. The Bertz CT molecular complexity index is 5050. The van der Waals surface area contributed by atoms with Crippen molar-refractivity contribution in [2.75, 3.05) is 104 Å². The van der Waals surface area contributed by atoms with Crippen molar-refractivity contribution in [3.63, 3.8) is 0 Å². The number of nitrogens with one attached hydrogen (secondary N) is 9. The van der Waals surface area contributed by atoms with Crippen LogP contribution in [0.1, 0.15) is 135 Å². The third kappa shape index (κ3) is 24.0. The Labute approximate surface area is 707 Å². The van der Waals surface area contributed by atoms with Crippen LogP contribution in [0.15, 0.2) is 83.4 Å². The minimum Gasteiger partial charge on any atom is -0.496 e. The van der Waals surface area contributed by atoms with Crippen LogP contribution in [0.4, 0.5) is 0 Å². The second-order valence-electron chi connectivity index (χ2n) is 30.9. The lowest BCUT2D eigenvalue weighted by Crippen LogP contribution is -2.39. The van der Waals surface area contributed by atoms with E-state index in [9.17, 15) is 14.4 Å². The highest BCUT2D eigenvalue weighted by Crippen LogP contribution is 2.41. The van der Waals surface area contributed by atoms with E-state index in [1.54, 1.807) is 83.1 Å². The number of hydrogen-bond acceptors (Lipinski definition) is 27. The van der Waals surface area contributed by atoms with Crippen LogP contribution in [0, 0.1) is 35.5 Å². The molecule has 0 fully saturated rings. The van der Waals surface area contributed by atoms with Crippen molar-refractivity contribution >= 4 is 101 Å². The van der Waals surface area contributed by atoms with Crippen LogP contribution in [-0.4, -0.2) is 187 Å². The van der Waals surface area contributed by atoms with Crippen molar-refractivity contribution in [1.29, 1.82) is 0 Å². The number of esters is 3. The summed E-state index contributed by atoms with van der Waals surface area (Å²) in [5, 5.41) is 5.31. The molecular formula is C87H111N9O27. The van der Waals surface area contributed by atoms with Gasteiger partial charge >= 0.3 is 17.9 Å². The fourth-order valence-electron chi connectivity index (χ4n) is 11.9. The van der Waals surface area contributed by atoms with E-state index in [1.807, 2.05) is 0 Å². The summed E-state index contributed by atoms with van der Waals surface area (Å²) in [5.41, 5.74) is -10.3. The Balaban J connectivity index is 2.04. The van der Waals surface area contributed by atoms with Gasteiger partial charge in [0, 0.05) is 18.2 Å². The number of aromatic amines is 6. The largest absolute Gasteiger partial charge is 0.496 e. The standard InChI is InChI=1S/C87H111N9O27/c1-40(2)34-118-70-55-28-56(71(119-35-41(3)4)67(70)82(103)88-46(13)85(106)115-22)92-77(98)51-26-52(64(112-19)32-63(51)111-18)79(100)94-59-30-60(75(123-39-45(11)12)69(74(59)122-38-44(9)10)84(105)90-48(15)87(108)117-24)96-81(102)54-27-53(65(113-20)33-66(54)114-21)80(101)95-58-29-57(93-78(99)50-25-49(76(97)91-55)61(109-16)31-62(50)110-17)72(120-36-42(5)6)68(73(58)121-37-43(7)8)83(104)89-47(14)86(107)116-23/h25-33,40-48H,34-39H2,1-24H3,(H,88,103)(H,89,104)(H,90,105)(H,91,97)(H,92,98)(H,93,99)(H,94,100)(H,95,101)(H,96,102)/t46-,47-,48-/m0/s1. The van der Waals surface area contributed by atoms with Crippen molar-refractivity contribution in [3.05, 3.63) is 133 Å². The lowest BCUT2D eigenvalue weighted by atomic mass is 10.1. The minimum atomic E-state index is -1.38. The van der Waals surface area contributed by atoms with E-state index < -0.39 is 136 Å². The number of fused-ring (bicyclic) bond motifs is 12. The number of aromatic nitrogens is 6. The Morgan fingerprint density at radius 3 is 0.537 bits per heavy atom. The summed E-state index contributed by atoms with van der Waals surface area (Å²) in [6.07, 6.45) is 0. The molecule has 0 spiro atoms. The zero-order valence-electron chi connectivity index (χ0n) is 73.7. The first-order valence-corrected chi connectivity index (χ1v) is 39.5. The maximum absolute atomic E-state index is 15.8. The van der Waals surface area contributed by atoms with Gasteiger partial charge in [0.2, 0.25) is 0 Å². The number of carbonyl (C=O) groups excluding carboxylic acids is 6. The zero-order chi connectivity index (χ0) is 91.3. The highest BCUT2D eigenvalue weighted by atomic mass is 16.5. The highest BCUT2D eigenvalue weighted by molar-refractivity contribution is 6.08. The van der Waals surface area contributed by atoms with Gasteiger partial charge in [0.25, 0.3) is 51.1 Å². The van der Waals surface area contributed by atoms with Gasteiger partial charge in [0.15, 0.2) is 34.5 Å². The molecule has 7 rings (SSSR count). The van der Waals surface area contributed by atoms with Crippen LogP contribution in [0.3, 0.4) is 0 Å². The molecule has 6 aromatic carbocycles. The summed E-state index contributed by atoms with van der Waals surface area (Å²) >= 11 is 0. The molecule has 1 aromatic heterocycles. The van der Waals surface area contributed by atoms with E-state index in [1.165, 1.54) is 99.8 Å². The third-order valence-corrected chi connectivity index (χ3v) is 18.0. The summed E-state index contributed by atoms with van der Waals surface area (Å²) in [5.74, 6) is -11.4. The number of amides is 3. The van der Waals surface area contributed by atoms with Crippen LogP contribution < -0.4 is 106 Å². The molecule has 0 unspecified atom stereocenters. The number of ether oxygens (including phenoxy) is 15. The minimum absolute atomic E-state index is 0.168. The number of carbonyl (C=O) groups is 6. The van der Waals surface area contributed by atoms with Crippen LogP contribution >= 0.6 is 0 Å². The van der Waals surface area contributed by atoms with Crippen LogP contribution in [0.25, 0.3) is 65.4 Å². The Morgan fingerprint density at radius 1 is 0.252 bits per heavy atom. The average molecular weight is 1710 g/mol. The van der Waals surface area contributed by atoms with Crippen LogP contribution in [-0.2, 0) is 28.6 Å². The summed E-state index contributed by atoms with van der Waals surface area (Å²) in [6, 6.07) is 6.33. The van der Waals surface area contributed by atoms with Gasteiger partial charge < -0.3 is 117 Å². The Kier molecular flexibility index (Phi) is 34.3. The zero-order valence-corrected chi connectivity index (χ0v) is 73.7. The molecule has 36 heteroatoms. The van der Waals surface area contributed by atoms with Gasteiger partial charge in [-0.3, -0.25) is 43.2 Å². The maximum Gasteiger partial charge on any atom is 0.328 e. The number of hydrogen-bond donors (Lipinski definition) is 9. The Hall–Kier alpha value is -13.4. The molecule has 0 saturated carbocycles. The van der Waals surface area contributed by atoms with Gasteiger partial charge in [0.05, 0.1) is 169 Å². The third-order valence-electron chi connectivity index (χ3n) is 18.0. The smallest absolute Gasteiger partial charge is 0.328 e. The van der Waals surface area contributed by atoms with Crippen molar-refractivity contribution in [2.45, 2.75) is 122 Å². The first-order chi connectivity index (χ1) is 58.2. The van der Waals surface area contributed by atoms with E-state index in [0.717, 1.165) is 39.5 Å². The highest BCUT2D eigenvalue weighted by Gasteiger charge is 2.33. The summed E-state index contributed by atoms with van der Waals surface area (Å²) in [7, 11) is 10.6. The summed E-state index contributed by atoms with van der Waals surface area (Å²) in [6.45, 7) is 24.4. The van der Waals surface area contributed by atoms with Crippen molar-refractivity contribution in [2.24, 2.45) is 35.5 Å². The molecule has 1 heterocycles. The molecule has 0 aliphatic rings. The maximum atomic E-state index is 15.8. The lowest BCUT2D eigenvalue weighted by Gasteiger charge is -2.20. The molecule has 3 atom stereocenters. The molecule has 7 aromatic rings. The molecular weight excluding hydrogens is 1600 g/mol. The predicted molar refractivity (Wildman–Crippen MR) is 463 cm³/mol. The quantitative estimate of drug-likeness (QED) is 0.0136. The van der Waals surface area contributed by atoms with Crippen molar-refractivity contribution < 1.29 is 99.8 Å². The molecule has 36 nitrogen and oxygen atoms in total. The normalized spacial score (nSPS) is 11.9. The van der Waals surface area contributed by atoms with Crippen molar-refractivity contribution in [1.82, 2.24) is 45.9 Å². The molecule has 0 aliphatic carbocycles. The number of benzene rings is 6. The second-order valence-corrected chi connectivity index (χ2v) is 30.9. The molecule has 3 amide bonds. The number of H-pyrrole nitrogens is 6. The van der Waals surface area contributed by atoms with E-state index in [0.29, 0.717) is 0 Å². The number of methoxy groups -OCH3 is 9. The van der Waals surface area contributed by atoms with E-state index in [-0.39, 0.29) is 177 Å². The Morgan fingerprint density at radius 2 is 0.407 bits per heavy atom. The van der Waals surface area contributed by atoms with Gasteiger partial charge in [-0.1, -0.05) is 83.1 Å². The molecule has 123 heavy (non-hydrogen) atoms. The van der Waals surface area contributed by atoms with Crippen LogP contribution in [0.2, 0.25) is 0 Å². The lowest BCUT2D eigenvalue weighted by molar-refractivity contribution is -0.143. The van der Waals surface area contributed by atoms with Crippen LogP contribution in [0.5, 0.6) is 69.0 Å². The second kappa shape index (κ2) is 43.7. The van der Waals surface area contributed by atoms with Gasteiger partial charge in [-0.25, -0.2) is 14.4 Å².